The Kier molecular flexibility index (Phi) is 4.39. The minimum Gasteiger partial charge on any atom is -0.383 e. The maximum atomic E-state index is 10.7. The second-order valence-corrected chi connectivity index (χ2v) is 4.90. The molecule has 0 aromatic carbocycles. The van der Waals surface area contributed by atoms with Gasteiger partial charge in [0, 0.05) is 6.54 Å². The van der Waals surface area contributed by atoms with Gasteiger partial charge < -0.3 is 5.11 Å². The lowest BCUT2D eigenvalue weighted by Crippen LogP contribution is -2.34. The number of hydrogen-bond donors (Lipinski definition) is 1. The molecule has 1 atom stereocenters. The van der Waals surface area contributed by atoms with E-state index in [0.29, 0.717) is 11.4 Å². The molecule has 92 valence electrons. The number of hydrogen-bond acceptors (Lipinski definition) is 2. The summed E-state index contributed by atoms with van der Waals surface area (Å²) in [5.74, 6) is 0.113. The van der Waals surface area contributed by atoms with E-state index in [1.54, 1.807) is 6.20 Å². The molecule has 0 aliphatic carbocycles. The minimum atomic E-state index is -0.886. The summed E-state index contributed by atoms with van der Waals surface area (Å²) in [6, 6.07) is 0. The largest absolute Gasteiger partial charge is 0.383 e. The molecule has 0 radical (unpaired) electrons. The van der Waals surface area contributed by atoms with E-state index in [-0.39, 0.29) is 5.92 Å². The fourth-order valence-electron chi connectivity index (χ4n) is 2.02. The summed E-state index contributed by atoms with van der Waals surface area (Å²) < 4.78 is 1.83. The molecule has 1 heterocycles. The first kappa shape index (κ1) is 13.5. The molecule has 0 aliphatic rings. The lowest BCUT2D eigenvalue weighted by Gasteiger charge is -2.32. The molecule has 0 saturated carbocycles. The SMILES string of the molecule is CCCn1ncc(Cl)c1C(O)(CC)C(C)C. The Morgan fingerprint density at radius 3 is 2.56 bits per heavy atom. The molecule has 0 amide bonds. The predicted molar refractivity (Wildman–Crippen MR) is 66.6 cm³/mol. The van der Waals surface area contributed by atoms with Crippen molar-refractivity contribution in [2.75, 3.05) is 0 Å². The standard InChI is InChI=1S/C12H21ClN2O/c1-5-7-15-11(10(13)8-14-15)12(16,6-2)9(3)4/h8-9,16H,5-7H2,1-4H3. The Balaban J connectivity index is 3.23. The number of aliphatic hydroxyl groups is 1. The number of aromatic nitrogens is 2. The van der Waals surface area contributed by atoms with Crippen molar-refractivity contribution >= 4 is 11.6 Å². The van der Waals surface area contributed by atoms with E-state index in [1.807, 2.05) is 25.5 Å². The van der Waals surface area contributed by atoms with Crippen LogP contribution < -0.4 is 0 Å². The van der Waals surface area contributed by atoms with Crippen LogP contribution in [-0.4, -0.2) is 14.9 Å². The number of halogens is 1. The maximum Gasteiger partial charge on any atom is 0.110 e. The van der Waals surface area contributed by atoms with Gasteiger partial charge in [0.1, 0.15) is 5.60 Å². The highest BCUT2D eigenvalue weighted by molar-refractivity contribution is 6.31. The summed E-state index contributed by atoms with van der Waals surface area (Å²) in [7, 11) is 0. The van der Waals surface area contributed by atoms with Crippen LogP contribution >= 0.6 is 11.6 Å². The number of rotatable bonds is 5. The van der Waals surface area contributed by atoms with E-state index in [0.717, 1.165) is 18.7 Å². The van der Waals surface area contributed by atoms with Crippen LogP contribution in [0, 0.1) is 5.92 Å². The zero-order chi connectivity index (χ0) is 12.3. The van der Waals surface area contributed by atoms with Gasteiger partial charge in [-0.25, -0.2) is 0 Å². The molecule has 1 aromatic heterocycles. The van der Waals surface area contributed by atoms with Gasteiger partial charge in [-0.05, 0) is 18.8 Å². The Labute approximate surface area is 102 Å². The third-order valence-electron chi connectivity index (χ3n) is 3.13. The van der Waals surface area contributed by atoms with Gasteiger partial charge in [0.25, 0.3) is 0 Å². The molecule has 4 heteroatoms. The zero-order valence-electron chi connectivity index (χ0n) is 10.5. The molecule has 0 bridgehead atoms. The van der Waals surface area contributed by atoms with Crippen molar-refractivity contribution in [3.63, 3.8) is 0 Å². The summed E-state index contributed by atoms with van der Waals surface area (Å²) in [6.07, 6.45) is 3.23. The molecular formula is C12H21ClN2O. The highest BCUT2D eigenvalue weighted by atomic mass is 35.5. The van der Waals surface area contributed by atoms with Gasteiger partial charge in [-0.3, -0.25) is 4.68 Å². The molecule has 0 aliphatic heterocycles. The summed E-state index contributed by atoms with van der Waals surface area (Å²) in [5.41, 5.74) is -0.128. The van der Waals surface area contributed by atoms with Gasteiger partial charge in [0.2, 0.25) is 0 Å². The molecule has 1 rings (SSSR count). The highest BCUT2D eigenvalue weighted by Crippen LogP contribution is 2.36. The van der Waals surface area contributed by atoms with Crippen LogP contribution in [0.1, 0.15) is 46.2 Å². The summed E-state index contributed by atoms with van der Waals surface area (Å²) in [5, 5.41) is 15.5. The average Bonchev–Trinajstić information content (AvgIpc) is 2.59. The lowest BCUT2D eigenvalue weighted by molar-refractivity contribution is -0.0220. The fraction of sp³-hybridized carbons (Fsp3) is 0.750. The van der Waals surface area contributed by atoms with E-state index < -0.39 is 5.60 Å². The quantitative estimate of drug-likeness (QED) is 0.864. The minimum absolute atomic E-state index is 0.113. The van der Waals surface area contributed by atoms with Crippen molar-refractivity contribution in [1.82, 2.24) is 9.78 Å². The van der Waals surface area contributed by atoms with Crippen LogP contribution in [-0.2, 0) is 12.1 Å². The van der Waals surface area contributed by atoms with E-state index in [9.17, 15) is 5.11 Å². The number of nitrogens with zero attached hydrogens (tertiary/aromatic N) is 2. The van der Waals surface area contributed by atoms with E-state index in [2.05, 4.69) is 12.0 Å². The second-order valence-electron chi connectivity index (χ2n) is 4.50. The smallest absolute Gasteiger partial charge is 0.110 e. The molecule has 1 unspecified atom stereocenters. The lowest BCUT2D eigenvalue weighted by atomic mass is 9.84. The first-order valence-corrected chi connectivity index (χ1v) is 6.29. The average molecular weight is 245 g/mol. The fourth-order valence-corrected chi connectivity index (χ4v) is 2.33. The predicted octanol–water partition coefficient (Wildman–Crippen LogP) is 3.20. The van der Waals surface area contributed by atoms with E-state index in [4.69, 9.17) is 11.6 Å². The van der Waals surface area contributed by atoms with Crippen LogP contribution in [0.15, 0.2) is 6.20 Å². The first-order chi connectivity index (χ1) is 7.47. The van der Waals surface area contributed by atoms with Gasteiger partial charge in [-0.2, -0.15) is 5.10 Å². The molecule has 0 saturated heterocycles. The van der Waals surface area contributed by atoms with Crippen molar-refractivity contribution in [2.24, 2.45) is 5.92 Å². The Bertz CT molecular complexity index is 349. The van der Waals surface area contributed by atoms with Crippen LogP contribution in [0.4, 0.5) is 0 Å². The molecule has 0 spiro atoms. The molecule has 16 heavy (non-hydrogen) atoms. The van der Waals surface area contributed by atoms with Crippen LogP contribution in [0.25, 0.3) is 0 Å². The maximum absolute atomic E-state index is 10.7. The Morgan fingerprint density at radius 2 is 2.12 bits per heavy atom. The molecular weight excluding hydrogens is 224 g/mol. The van der Waals surface area contributed by atoms with Crippen molar-refractivity contribution < 1.29 is 5.11 Å². The van der Waals surface area contributed by atoms with Crippen LogP contribution in [0.2, 0.25) is 5.02 Å². The summed E-state index contributed by atoms with van der Waals surface area (Å²) >= 11 is 6.14. The summed E-state index contributed by atoms with van der Waals surface area (Å²) in [4.78, 5) is 0. The van der Waals surface area contributed by atoms with Gasteiger partial charge in [-0.15, -0.1) is 0 Å². The zero-order valence-corrected chi connectivity index (χ0v) is 11.3. The van der Waals surface area contributed by atoms with Crippen molar-refractivity contribution in [3.8, 4) is 0 Å². The van der Waals surface area contributed by atoms with Crippen molar-refractivity contribution in [3.05, 3.63) is 16.9 Å². The highest BCUT2D eigenvalue weighted by Gasteiger charge is 2.36. The van der Waals surface area contributed by atoms with E-state index in [1.165, 1.54) is 0 Å². The summed E-state index contributed by atoms with van der Waals surface area (Å²) in [6.45, 7) is 8.85. The molecule has 3 nitrogen and oxygen atoms in total. The van der Waals surface area contributed by atoms with Crippen molar-refractivity contribution in [1.29, 1.82) is 0 Å². The van der Waals surface area contributed by atoms with Gasteiger partial charge in [-0.1, -0.05) is 39.3 Å². The third-order valence-corrected chi connectivity index (χ3v) is 3.41. The Morgan fingerprint density at radius 1 is 1.50 bits per heavy atom. The van der Waals surface area contributed by atoms with Crippen LogP contribution in [0.5, 0.6) is 0 Å². The van der Waals surface area contributed by atoms with Gasteiger partial charge in [0.05, 0.1) is 16.9 Å². The topological polar surface area (TPSA) is 38.0 Å². The van der Waals surface area contributed by atoms with Gasteiger partial charge in [0.15, 0.2) is 0 Å². The first-order valence-electron chi connectivity index (χ1n) is 5.91. The second kappa shape index (κ2) is 5.19. The normalized spacial score (nSPS) is 15.4. The van der Waals surface area contributed by atoms with Crippen molar-refractivity contribution in [2.45, 2.75) is 52.7 Å². The van der Waals surface area contributed by atoms with Crippen LogP contribution in [0.3, 0.4) is 0 Å². The van der Waals surface area contributed by atoms with Gasteiger partial charge >= 0.3 is 0 Å². The van der Waals surface area contributed by atoms with E-state index >= 15 is 0 Å². The monoisotopic (exact) mass is 244 g/mol. The molecule has 0 fully saturated rings. The molecule has 1 N–H and O–H groups in total. The third kappa shape index (κ3) is 2.25. The Hall–Kier alpha value is -0.540. The number of aryl methyl sites for hydroxylation is 1. The molecule has 1 aromatic rings.